The summed E-state index contributed by atoms with van der Waals surface area (Å²) >= 11 is 0. The highest BCUT2D eigenvalue weighted by Gasteiger charge is 2.44. The van der Waals surface area contributed by atoms with Crippen LogP contribution in [-0.2, 0) is 11.0 Å². The van der Waals surface area contributed by atoms with E-state index in [2.05, 4.69) is 183 Å². The molecule has 7 aromatic carbocycles. The molecule has 1 aliphatic carbocycles. The number of benzene rings is 7. The number of hydrogen-bond donors (Lipinski definition) is 0. The molecular formula is C47H35NO. The summed E-state index contributed by atoms with van der Waals surface area (Å²) in [6.07, 6.45) is 4.66. The minimum absolute atomic E-state index is 0.177. The molecule has 49 heavy (non-hydrogen) atoms. The molecule has 234 valence electrons. The zero-order valence-corrected chi connectivity index (χ0v) is 27.9. The van der Waals surface area contributed by atoms with Gasteiger partial charge in [-0.3, -0.25) is 0 Å². The van der Waals surface area contributed by atoms with Crippen LogP contribution in [0.5, 0.6) is 5.75 Å². The number of hydrogen-bond acceptors (Lipinski definition) is 1. The molecule has 0 amide bonds. The molecule has 1 atom stereocenters. The SMILES string of the molecule is Cc1ccc2c(c1)C(C)(C)c1c3c(c4ccccc4c1-2)OC(c1ccccc1)(c1ccc2c(c1)c1ccccc1n2-c1ccccc1)C=C3. The molecule has 2 nitrogen and oxygen atoms in total. The van der Waals surface area contributed by atoms with Crippen molar-refractivity contribution in [3.8, 4) is 22.6 Å². The molecule has 2 aliphatic rings. The lowest BCUT2D eigenvalue weighted by atomic mass is 9.76. The van der Waals surface area contributed by atoms with E-state index in [9.17, 15) is 0 Å². The average Bonchev–Trinajstić information content (AvgIpc) is 3.60. The molecule has 0 bridgehead atoms. The first-order chi connectivity index (χ1) is 24.0. The number of ether oxygens (including phenoxy) is 1. The highest BCUT2D eigenvalue weighted by molar-refractivity contribution is 6.10. The molecule has 8 aromatic rings. The monoisotopic (exact) mass is 629 g/mol. The van der Waals surface area contributed by atoms with Crippen molar-refractivity contribution in [3.63, 3.8) is 0 Å². The molecule has 0 spiro atoms. The Bertz CT molecular complexity index is 2660. The molecule has 0 saturated heterocycles. The Labute approximate surface area is 286 Å². The van der Waals surface area contributed by atoms with Crippen molar-refractivity contribution in [3.05, 3.63) is 185 Å². The van der Waals surface area contributed by atoms with Gasteiger partial charge in [0.15, 0.2) is 5.60 Å². The third-order valence-electron chi connectivity index (χ3n) is 11.0. The van der Waals surface area contributed by atoms with E-state index in [1.54, 1.807) is 0 Å². The van der Waals surface area contributed by atoms with Crippen LogP contribution in [0.3, 0.4) is 0 Å². The zero-order valence-electron chi connectivity index (χ0n) is 27.9. The fourth-order valence-electron chi connectivity index (χ4n) is 8.77. The maximum Gasteiger partial charge on any atom is 0.178 e. The highest BCUT2D eigenvalue weighted by Crippen LogP contribution is 2.58. The van der Waals surface area contributed by atoms with Crippen molar-refractivity contribution >= 4 is 38.7 Å². The van der Waals surface area contributed by atoms with Crippen LogP contribution in [0.15, 0.2) is 152 Å². The smallest absolute Gasteiger partial charge is 0.178 e. The van der Waals surface area contributed by atoms with Crippen LogP contribution in [-0.4, -0.2) is 4.57 Å². The minimum Gasteiger partial charge on any atom is -0.472 e. The predicted octanol–water partition coefficient (Wildman–Crippen LogP) is 11.9. The lowest BCUT2D eigenvalue weighted by molar-refractivity contribution is 0.163. The second kappa shape index (κ2) is 10.1. The predicted molar refractivity (Wildman–Crippen MR) is 204 cm³/mol. The van der Waals surface area contributed by atoms with Crippen molar-refractivity contribution in [2.24, 2.45) is 0 Å². The quantitative estimate of drug-likeness (QED) is 0.190. The van der Waals surface area contributed by atoms with Crippen LogP contribution >= 0.6 is 0 Å². The van der Waals surface area contributed by atoms with Gasteiger partial charge in [-0.15, -0.1) is 0 Å². The third kappa shape index (κ3) is 3.83. The van der Waals surface area contributed by atoms with E-state index >= 15 is 0 Å². The minimum atomic E-state index is -0.832. The van der Waals surface area contributed by atoms with Crippen LogP contribution in [0.25, 0.3) is 55.5 Å². The maximum atomic E-state index is 7.60. The zero-order chi connectivity index (χ0) is 32.9. The molecule has 0 saturated carbocycles. The number of nitrogens with zero attached hydrogens (tertiary/aromatic N) is 1. The Hall–Kier alpha value is -5.86. The van der Waals surface area contributed by atoms with E-state index < -0.39 is 5.60 Å². The van der Waals surface area contributed by atoms with Gasteiger partial charge in [-0.2, -0.15) is 0 Å². The van der Waals surface area contributed by atoms with Gasteiger partial charge >= 0.3 is 0 Å². The summed E-state index contributed by atoms with van der Waals surface area (Å²) < 4.78 is 9.97. The first-order valence-corrected chi connectivity index (χ1v) is 17.2. The topological polar surface area (TPSA) is 14.2 Å². The second-order valence-electron chi connectivity index (χ2n) is 14.2. The Morgan fingerprint density at radius 1 is 0.571 bits per heavy atom. The molecule has 1 aliphatic heterocycles. The van der Waals surface area contributed by atoms with Crippen molar-refractivity contribution in [2.45, 2.75) is 31.8 Å². The summed E-state index contributed by atoms with van der Waals surface area (Å²) in [5.41, 5.74) is 12.6. The van der Waals surface area contributed by atoms with Crippen LogP contribution in [0.4, 0.5) is 0 Å². The van der Waals surface area contributed by atoms with Gasteiger partial charge < -0.3 is 9.30 Å². The Morgan fingerprint density at radius 2 is 1.24 bits per heavy atom. The summed E-state index contributed by atoms with van der Waals surface area (Å²) in [7, 11) is 0. The van der Waals surface area contributed by atoms with Crippen LogP contribution in [0, 0.1) is 6.92 Å². The normalized spacial score (nSPS) is 17.2. The Balaban J connectivity index is 1.25. The van der Waals surface area contributed by atoms with Gasteiger partial charge in [-0.1, -0.05) is 141 Å². The van der Waals surface area contributed by atoms with E-state index in [-0.39, 0.29) is 5.41 Å². The van der Waals surface area contributed by atoms with Gasteiger partial charge in [0.2, 0.25) is 0 Å². The van der Waals surface area contributed by atoms with Gasteiger partial charge in [0, 0.05) is 44.0 Å². The summed E-state index contributed by atoms with van der Waals surface area (Å²) in [6, 6.07) is 52.7. The van der Waals surface area contributed by atoms with E-state index in [4.69, 9.17) is 4.74 Å². The fraction of sp³-hybridized carbons (Fsp3) is 0.106. The molecule has 1 aromatic heterocycles. The van der Waals surface area contributed by atoms with Gasteiger partial charge in [-0.25, -0.2) is 0 Å². The van der Waals surface area contributed by atoms with Crippen LogP contribution in [0.1, 0.15) is 47.2 Å². The lowest BCUT2D eigenvalue weighted by Gasteiger charge is -2.38. The third-order valence-corrected chi connectivity index (χ3v) is 11.0. The summed E-state index contributed by atoms with van der Waals surface area (Å²) in [5.74, 6) is 0.949. The summed E-state index contributed by atoms with van der Waals surface area (Å²) in [6.45, 7) is 6.93. The van der Waals surface area contributed by atoms with Crippen molar-refractivity contribution in [2.75, 3.05) is 0 Å². The van der Waals surface area contributed by atoms with Gasteiger partial charge in [0.25, 0.3) is 0 Å². The summed E-state index contributed by atoms with van der Waals surface area (Å²) in [4.78, 5) is 0. The Kier molecular flexibility index (Phi) is 5.79. The first-order valence-electron chi connectivity index (χ1n) is 17.2. The molecule has 0 radical (unpaired) electrons. The fourth-order valence-corrected chi connectivity index (χ4v) is 8.77. The maximum absolute atomic E-state index is 7.60. The molecule has 0 fully saturated rings. The van der Waals surface area contributed by atoms with Crippen molar-refractivity contribution < 1.29 is 4.74 Å². The number of aryl methyl sites for hydroxylation is 1. The lowest BCUT2D eigenvalue weighted by Crippen LogP contribution is -2.35. The molecule has 1 unspecified atom stereocenters. The van der Waals surface area contributed by atoms with Crippen molar-refractivity contribution in [1.29, 1.82) is 0 Å². The van der Waals surface area contributed by atoms with E-state index in [0.29, 0.717) is 0 Å². The highest BCUT2D eigenvalue weighted by atomic mass is 16.5. The number of rotatable bonds is 3. The molecule has 2 heterocycles. The molecule has 0 N–H and O–H groups in total. The number of fused-ring (bicyclic) bond motifs is 11. The number of para-hydroxylation sites is 2. The first kappa shape index (κ1) is 28.2. The van der Waals surface area contributed by atoms with E-state index in [0.717, 1.165) is 28.0 Å². The average molecular weight is 630 g/mol. The molecular weight excluding hydrogens is 595 g/mol. The summed E-state index contributed by atoms with van der Waals surface area (Å²) in [5, 5.41) is 4.82. The van der Waals surface area contributed by atoms with Gasteiger partial charge in [0.1, 0.15) is 5.75 Å². The largest absolute Gasteiger partial charge is 0.472 e. The van der Waals surface area contributed by atoms with E-state index in [1.165, 1.54) is 60.6 Å². The van der Waals surface area contributed by atoms with Gasteiger partial charge in [-0.05, 0) is 71.0 Å². The number of aromatic nitrogens is 1. The van der Waals surface area contributed by atoms with E-state index in [1.807, 2.05) is 0 Å². The van der Waals surface area contributed by atoms with Gasteiger partial charge in [0.05, 0.1) is 11.0 Å². The van der Waals surface area contributed by atoms with Crippen molar-refractivity contribution in [1.82, 2.24) is 4.57 Å². The molecule has 10 rings (SSSR count). The van der Waals surface area contributed by atoms with Crippen LogP contribution in [0.2, 0.25) is 0 Å². The van der Waals surface area contributed by atoms with Crippen LogP contribution < -0.4 is 4.74 Å². The Morgan fingerprint density at radius 3 is 2.04 bits per heavy atom. The second-order valence-corrected chi connectivity index (χ2v) is 14.2. The molecule has 2 heteroatoms. The standard InChI is InChI=1S/C47H35NO/c1-30-22-24-37-40(28-30)46(2,3)44-38-26-27-47(31-14-6-4-7-15-31,49-45(38)36-20-11-10-19-35(36)43(37)44)32-23-25-42-39(29-32)34-18-12-13-21-41(34)48(42)33-16-8-5-9-17-33/h4-29H,1-3H3.